The first kappa shape index (κ1) is 17.5. The molecule has 1 aromatic carbocycles. The Balaban J connectivity index is 1.72. The van der Waals surface area contributed by atoms with E-state index < -0.39 is 0 Å². The van der Waals surface area contributed by atoms with Gasteiger partial charge in [-0.1, -0.05) is 18.6 Å². The van der Waals surface area contributed by atoms with E-state index in [0.29, 0.717) is 18.9 Å². The maximum Gasteiger partial charge on any atom is 0.191 e. The number of hydrogen-bond acceptors (Lipinski definition) is 3. The third-order valence-corrected chi connectivity index (χ3v) is 6.16. The highest BCUT2D eigenvalue weighted by molar-refractivity contribution is 7.99. The van der Waals surface area contributed by atoms with Crippen LogP contribution in [-0.2, 0) is 6.42 Å². The standard InChI is InChI=1S/C18H26FN3OS/c19-15-5-3-14(4-6-15)12-18(7-1-2-16(18)23)13-21-17(20)22-8-10-24-11-9-22/h3-6,16,23H,1-2,7-13H2,(H2,20,21). The van der Waals surface area contributed by atoms with Crippen LogP contribution in [0.5, 0.6) is 0 Å². The van der Waals surface area contributed by atoms with Gasteiger partial charge >= 0.3 is 0 Å². The summed E-state index contributed by atoms with van der Waals surface area (Å²) in [4.78, 5) is 6.77. The van der Waals surface area contributed by atoms with Gasteiger partial charge in [0.1, 0.15) is 5.82 Å². The van der Waals surface area contributed by atoms with E-state index >= 15 is 0 Å². The number of benzene rings is 1. The van der Waals surface area contributed by atoms with Crippen LogP contribution < -0.4 is 5.73 Å². The highest BCUT2D eigenvalue weighted by atomic mass is 32.2. The number of rotatable bonds is 4. The zero-order valence-corrected chi connectivity index (χ0v) is 14.8. The Kier molecular flexibility index (Phi) is 5.66. The van der Waals surface area contributed by atoms with Crippen molar-refractivity contribution in [1.82, 2.24) is 4.90 Å². The van der Waals surface area contributed by atoms with Gasteiger partial charge in [-0.05, 0) is 37.0 Å². The highest BCUT2D eigenvalue weighted by Gasteiger charge is 2.42. The summed E-state index contributed by atoms with van der Waals surface area (Å²) >= 11 is 1.94. The fourth-order valence-electron chi connectivity index (χ4n) is 3.71. The SMILES string of the molecule is NC(=NCC1(Cc2ccc(F)cc2)CCCC1O)N1CCSCC1. The van der Waals surface area contributed by atoms with Crippen molar-refractivity contribution in [1.29, 1.82) is 0 Å². The Labute approximate surface area is 147 Å². The van der Waals surface area contributed by atoms with Crippen molar-refractivity contribution in [2.75, 3.05) is 31.1 Å². The topological polar surface area (TPSA) is 61.9 Å². The molecule has 0 radical (unpaired) electrons. The Bertz CT molecular complexity index is 574. The number of nitrogens with zero attached hydrogens (tertiary/aromatic N) is 2. The molecular weight excluding hydrogens is 325 g/mol. The van der Waals surface area contributed by atoms with Crippen LogP contribution in [0.25, 0.3) is 0 Å². The lowest BCUT2D eigenvalue weighted by atomic mass is 9.78. The maximum absolute atomic E-state index is 13.1. The van der Waals surface area contributed by atoms with Crippen LogP contribution in [0.3, 0.4) is 0 Å². The van der Waals surface area contributed by atoms with Crippen molar-refractivity contribution in [2.45, 2.75) is 31.8 Å². The number of nitrogens with two attached hydrogens (primary N) is 1. The first-order chi connectivity index (χ1) is 11.6. The van der Waals surface area contributed by atoms with Gasteiger partial charge < -0.3 is 15.7 Å². The molecular formula is C18H26FN3OS. The van der Waals surface area contributed by atoms with Crippen molar-refractivity contribution in [2.24, 2.45) is 16.1 Å². The van der Waals surface area contributed by atoms with Gasteiger partial charge in [-0.15, -0.1) is 0 Å². The molecule has 2 aliphatic rings. The molecule has 3 rings (SSSR count). The number of guanidine groups is 1. The predicted octanol–water partition coefficient (Wildman–Crippen LogP) is 2.26. The molecule has 1 heterocycles. The van der Waals surface area contributed by atoms with Gasteiger partial charge in [0, 0.05) is 30.0 Å². The van der Waals surface area contributed by atoms with E-state index in [1.165, 1.54) is 12.1 Å². The van der Waals surface area contributed by atoms with Gasteiger partial charge in [0.05, 0.1) is 12.6 Å². The lowest BCUT2D eigenvalue weighted by molar-refractivity contribution is 0.0590. The van der Waals surface area contributed by atoms with E-state index in [9.17, 15) is 9.50 Å². The van der Waals surface area contributed by atoms with Crippen LogP contribution >= 0.6 is 11.8 Å². The summed E-state index contributed by atoms with van der Waals surface area (Å²) in [6.07, 6.45) is 3.06. The zero-order valence-electron chi connectivity index (χ0n) is 14.0. The molecule has 3 N–H and O–H groups in total. The van der Waals surface area contributed by atoms with E-state index in [-0.39, 0.29) is 17.3 Å². The van der Waals surface area contributed by atoms with Gasteiger partial charge in [0.2, 0.25) is 0 Å². The van der Waals surface area contributed by atoms with Crippen LogP contribution in [0.1, 0.15) is 24.8 Å². The zero-order chi connectivity index (χ0) is 17.0. The molecule has 1 aliphatic carbocycles. The molecule has 4 nitrogen and oxygen atoms in total. The molecule has 6 heteroatoms. The number of aliphatic imine (C=N–C) groups is 1. The number of hydrogen-bond donors (Lipinski definition) is 2. The summed E-state index contributed by atoms with van der Waals surface area (Å²) in [6, 6.07) is 6.56. The van der Waals surface area contributed by atoms with E-state index in [4.69, 9.17) is 5.73 Å². The normalized spacial score (nSPS) is 28.3. The number of halogens is 1. The smallest absolute Gasteiger partial charge is 0.191 e. The van der Waals surface area contributed by atoms with Crippen molar-refractivity contribution in [3.8, 4) is 0 Å². The Morgan fingerprint density at radius 2 is 2.04 bits per heavy atom. The molecule has 24 heavy (non-hydrogen) atoms. The third kappa shape index (κ3) is 4.03. The number of aliphatic hydroxyl groups excluding tert-OH is 1. The van der Waals surface area contributed by atoms with E-state index in [1.807, 2.05) is 11.8 Å². The molecule has 1 saturated heterocycles. The summed E-state index contributed by atoms with van der Waals surface area (Å²) in [5, 5.41) is 10.6. The maximum atomic E-state index is 13.1. The first-order valence-electron chi connectivity index (χ1n) is 8.64. The van der Waals surface area contributed by atoms with Gasteiger partial charge in [-0.2, -0.15) is 11.8 Å². The molecule has 2 unspecified atom stereocenters. The Morgan fingerprint density at radius 3 is 2.67 bits per heavy atom. The highest BCUT2D eigenvalue weighted by Crippen LogP contribution is 2.41. The number of thioether (sulfide) groups is 1. The van der Waals surface area contributed by atoms with Gasteiger partial charge in [-0.25, -0.2) is 4.39 Å². The Hall–Kier alpha value is -1.27. The molecule has 0 amide bonds. The van der Waals surface area contributed by atoms with Crippen LogP contribution in [0.4, 0.5) is 4.39 Å². The minimum atomic E-state index is -0.379. The summed E-state index contributed by atoms with van der Waals surface area (Å²) in [7, 11) is 0. The Morgan fingerprint density at radius 1 is 1.33 bits per heavy atom. The number of aliphatic hydroxyl groups is 1. The fraction of sp³-hybridized carbons (Fsp3) is 0.611. The van der Waals surface area contributed by atoms with Crippen molar-refractivity contribution >= 4 is 17.7 Å². The monoisotopic (exact) mass is 351 g/mol. The second-order valence-corrected chi connectivity index (χ2v) is 8.07. The largest absolute Gasteiger partial charge is 0.392 e. The third-order valence-electron chi connectivity index (χ3n) is 5.22. The quantitative estimate of drug-likeness (QED) is 0.645. The molecule has 1 saturated carbocycles. The molecule has 1 aromatic rings. The van der Waals surface area contributed by atoms with E-state index in [2.05, 4.69) is 9.89 Å². The van der Waals surface area contributed by atoms with Crippen LogP contribution in [-0.4, -0.2) is 53.2 Å². The average molecular weight is 351 g/mol. The second kappa shape index (κ2) is 7.74. The minimum absolute atomic E-state index is 0.231. The summed E-state index contributed by atoms with van der Waals surface area (Å²) < 4.78 is 13.1. The summed E-state index contributed by atoms with van der Waals surface area (Å²) in [5.74, 6) is 2.52. The molecule has 1 aliphatic heterocycles. The molecule has 2 fully saturated rings. The first-order valence-corrected chi connectivity index (χ1v) is 9.80. The molecule has 0 spiro atoms. The van der Waals surface area contributed by atoms with Crippen molar-refractivity contribution in [3.63, 3.8) is 0 Å². The lowest BCUT2D eigenvalue weighted by Gasteiger charge is -2.33. The van der Waals surface area contributed by atoms with Gasteiger partial charge in [0.25, 0.3) is 0 Å². The van der Waals surface area contributed by atoms with Crippen LogP contribution in [0.15, 0.2) is 29.3 Å². The average Bonchev–Trinajstić information content (AvgIpc) is 2.96. The molecule has 132 valence electrons. The fourth-order valence-corrected chi connectivity index (χ4v) is 4.61. The predicted molar refractivity (Wildman–Crippen MR) is 97.8 cm³/mol. The molecule has 0 bridgehead atoms. The summed E-state index contributed by atoms with van der Waals surface area (Å²) in [5.41, 5.74) is 6.94. The van der Waals surface area contributed by atoms with Gasteiger partial charge in [0.15, 0.2) is 5.96 Å². The van der Waals surface area contributed by atoms with Crippen molar-refractivity contribution in [3.05, 3.63) is 35.6 Å². The van der Waals surface area contributed by atoms with E-state index in [1.54, 1.807) is 12.1 Å². The van der Waals surface area contributed by atoms with Gasteiger partial charge in [-0.3, -0.25) is 4.99 Å². The summed E-state index contributed by atoms with van der Waals surface area (Å²) in [6.45, 7) is 2.40. The lowest BCUT2D eigenvalue weighted by Crippen LogP contribution is -2.44. The van der Waals surface area contributed by atoms with Crippen molar-refractivity contribution < 1.29 is 9.50 Å². The second-order valence-electron chi connectivity index (χ2n) is 6.85. The minimum Gasteiger partial charge on any atom is -0.392 e. The van der Waals surface area contributed by atoms with E-state index in [0.717, 1.165) is 49.4 Å². The molecule has 2 atom stereocenters. The van der Waals surface area contributed by atoms with Crippen LogP contribution in [0, 0.1) is 11.2 Å². The molecule has 0 aromatic heterocycles. The van der Waals surface area contributed by atoms with Crippen LogP contribution in [0.2, 0.25) is 0 Å².